The number of sulfonamides is 1. The van der Waals surface area contributed by atoms with Crippen LogP contribution >= 0.6 is 0 Å². The first-order valence-electron chi connectivity index (χ1n) is 10.1. The summed E-state index contributed by atoms with van der Waals surface area (Å²) in [6.07, 6.45) is 0.696. The molecule has 0 radical (unpaired) electrons. The maximum absolute atomic E-state index is 13.1. The van der Waals surface area contributed by atoms with Crippen LogP contribution < -0.4 is 14.8 Å². The average Bonchev–Trinajstić information content (AvgIpc) is 2.77. The van der Waals surface area contributed by atoms with E-state index in [1.807, 2.05) is 45.0 Å². The van der Waals surface area contributed by atoms with Crippen molar-refractivity contribution in [1.82, 2.24) is 0 Å². The van der Waals surface area contributed by atoms with Crippen LogP contribution in [0, 0.1) is 6.92 Å². The van der Waals surface area contributed by atoms with Crippen molar-refractivity contribution >= 4 is 27.3 Å². The van der Waals surface area contributed by atoms with E-state index in [2.05, 4.69) is 10.0 Å². The molecule has 0 fully saturated rings. The second-order valence-electron chi connectivity index (χ2n) is 6.98. The standard InChI is InChI=1S/C24H26N2O4S/c1-4-18-13-9-10-17(3)23(18)26-31(28,29)20-14-15-22(30-5-2)21(16-20)25-24(27)19-11-7-6-8-12-19/h6-16,26H,4-5H2,1-3H3,(H,25,27). The molecule has 0 spiro atoms. The van der Waals surface area contributed by atoms with Crippen LogP contribution in [-0.4, -0.2) is 20.9 Å². The van der Waals surface area contributed by atoms with Gasteiger partial charge in [0.15, 0.2) is 0 Å². The molecule has 0 saturated carbocycles. The van der Waals surface area contributed by atoms with Crippen molar-refractivity contribution in [3.05, 3.63) is 83.4 Å². The molecule has 0 heterocycles. The monoisotopic (exact) mass is 438 g/mol. The molecule has 162 valence electrons. The number of hydrogen-bond donors (Lipinski definition) is 2. The molecule has 31 heavy (non-hydrogen) atoms. The lowest BCUT2D eigenvalue weighted by Gasteiger charge is -2.16. The third-order valence-corrected chi connectivity index (χ3v) is 6.17. The van der Waals surface area contributed by atoms with Crippen LogP contribution in [0.3, 0.4) is 0 Å². The molecule has 0 aliphatic rings. The highest BCUT2D eigenvalue weighted by molar-refractivity contribution is 7.92. The number of ether oxygens (including phenoxy) is 1. The first kappa shape index (κ1) is 22.4. The number of anilines is 2. The Labute approximate surface area is 183 Å². The third kappa shape index (κ3) is 5.24. The van der Waals surface area contributed by atoms with Crippen LogP contribution in [-0.2, 0) is 16.4 Å². The summed E-state index contributed by atoms with van der Waals surface area (Å²) in [7, 11) is -3.88. The lowest BCUT2D eigenvalue weighted by Crippen LogP contribution is -2.17. The van der Waals surface area contributed by atoms with Crippen LogP contribution in [0.5, 0.6) is 5.75 Å². The van der Waals surface area contributed by atoms with Crippen LogP contribution in [0.2, 0.25) is 0 Å². The van der Waals surface area contributed by atoms with Gasteiger partial charge in [-0.3, -0.25) is 9.52 Å². The number of hydrogen-bond acceptors (Lipinski definition) is 4. The van der Waals surface area contributed by atoms with E-state index in [0.717, 1.165) is 11.1 Å². The first-order chi connectivity index (χ1) is 14.9. The molecule has 0 saturated heterocycles. The minimum absolute atomic E-state index is 0.0321. The summed E-state index contributed by atoms with van der Waals surface area (Å²) in [6.45, 7) is 6.03. The zero-order chi connectivity index (χ0) is 22.4. The normalized spacial score (nSPS) is 11.1. The average molecular weight is 439 g/mol. The van der Waals surface area contributed by atoms with Crippen molar-refractivity contribution in [1.29, 1.82) is 0 Å². The number of amides is 1. The highest BCUT2D eigenvalue weighted by Crippen LogP contribution is 2.30. The largest absolute Gasteiger partial charge is 0.492 e. The molecule has 3 aromatic rings. The number of nitrogens with one attached hydrogen (secondary N) is 2. The van der Waals surface area contributed by atoms with Gasteiger partial charge in [-0.05, 0) is 61.7 Å². The zero-order valence-electron chi connectivity index (χ0n) is 17.8. The third-order valence-electron chi connectivity index (χ3n) is 4.82. The van der Waals surface area contributed by atoms with Crippen LogP contribution in [0.1, 0.15) is 35.3 Å². The van der Waals surface area contributed by atoms with Crippen molar-refractivity contribution < 1.29 is 17.9 Å². The molecule has 0 bridgehead atoms. The van der Waals surface area contributed by atoms with Gasteiger partial charge < -0.3 is 10.1 Å². The Morgan fingerprint density at radius 2 is 1.71 bits per heavy atom. The van der Waals surface area contributed by atoms with Crippen molar-refractivity contribution in [3.63, 3.8) is 0 Å². The smallest absolute Gasteiger partial charge is 0.261 e. The maximum Gasteiger partial charge on any atom is 0.261 e. The molecular formula is C24H26N2O4S. The van der Waals surface area contributed by atoms with Crippen molar-refractivity contribution in [2.75, 3.05) is 16.6 Å². The second kappa shape index (κ2) is 9.66. The second-order valence-corrected chi connectivity index (χ2v) is 8.66. The maximum atomic E-state index is 13.1. The number of carbonyl (C=O) groups is 1. The number of rotatable bonds is 8. The number of aryl methyl sites for hydroxylation is 2. The Morgan fingerprint density at radius 1 is 0.968 bits per heavy atom. The Bertz CT molecular complexity index is 1180. The topological polar surface area (TPSA) is 84.5 Å². The zero-order valence-corrected chi connectivity index (χ0v) is 18.6. The van der Waals surface area contributed by atoms with E-state index < -0.39 is 10.0 Å². The molecule has 3 aromatic carbocycles. The van der Waals surface area contributed by atoms with Gasteiger partial charge >= 0.3 is 0 Å². The van der Waals surface area contributed by atoms with Gasteiger partial charge in [-0.1, -0.05) is 43.3 Å². The molecule has 3 rings (SSSR count). The lowest BCUT2D eigenvalue weighted by atomic mass is 10.1. The van der Waals surface area contributed by atoms with E-state index in [1.165, 1.54) is 12.1 Å². The molecule has 0 aliphatic heterocycles. The summed E-state index contributed by atoms with van der Waals surface area (Å²) >= 11 is 0. The fraction of sp³-hybridized carbons (Fsp3) is 0.208. The van der Waals surface area contributed by atoms with Crippen molar-refractivity contribution in [3.8, 4) is 5.75 Å². The van der Waals surface area contributed by atoms with E-state index in [9.17, 15) is 13.2 Å². The fourth-order valence-electron chi connectivity index (χ4n) is 3.20. The highest BCUT2D eigenvalue weighted by atomic mass is 32.2. The number of benzene rings is 3. The molecule has 0 aliphatic carbocycles. The van der Waals surface area contributed by atoms with Gasteiger partial charge in [0.05, 0.1) is 22.9 Å². The van der Waals surface area contributed by atoms with Crippen molar-refractivity contribution in [2.24, 2.45) is 0 Å². The predicted octanol–water partition coefficient (Wildman–Crippen LogP) is 5.01. The fourth-order valence-corrected chi connectivity index (χ4v) is 4.40. The predicted molar refractivity (Wildman–Crippen MR) is 123 cm³/mol. The highest BCUT2D eigenvalue weighted by Gasteiger charge is 2.20. The number of carbonyl (C=O) groups excluding carboxylic acids is 1. The van der Waals surface area contributed by atoms with Crippen molar-refractivity contribution in [2.45, 2.75) is 32.1 Å². The molecule has 6 nitrogen and oxygen atoms in total. The first-order valence-corrected chi connectivity index (χ1v) is 11.6. The number of para-hydroxylation sites is 1. The van der Waals surface area contributed by atoms with Gasteiger partial charge in [0.25, 0.3) is 15.9 Å². The van der Waals surface area contributed by atoms with Crippen LogP contribution in [0.25, 0.3) is 0 Å². The molecule has 7 heteroatoms. The molecular weight excluding hydrogens is 412 g/mol. The Hall–Kier alpha value is -3.32. The molecule has 0 aromatic heterocycles. The van der Waals surface area contributed by atoms with Gasteiger partial charge in [-0.2, -0.15) is 0 Å². The van der Waals surface area contributed by atoms with Gasteiger partial charge in [0.2, 0.25) is 0 Å². The molecule has 0 atom stereocenters. The minimum atomic E-state index is -3.88. The van der Waals surface area contributed by atoms with Gasteiger partial charge in [-0.25, -0.2) is 8.42 Å². The van der Waals surface area contributed by atoms with E-state index in [4.69, 9.17) is 4.74 Å². The minimum Gasteiger partial charge on any atom is -0.492 e. The quantitative estimate of drug-likeness (QED) is 0.518. The summed E-state index contributed by atoms with van der Waals surface area (Å²) in [5.74, 6) is 0.0482. The summed E-state index contributed by atoms with van der Waals surface area (Å²) < 4.78 is 34.6. The van der Waals surface area contributed by atoms with Gasteiger partial charge in [-0.15, -0.1) is 0 Å². The summed E-state index contributed by atoms with van der Waals surface area (Å²) in [4.78, 5) is 12.7. The van der Waals surface area contributed by atoms with Gasteiger partial charge in [0.1, 0.15) is 5.75 Å². The molecule has 2 N–H and O–H groups in total. The SMILES string of the molecule is CCOc1ccc(S(=O)(=O)Nc2c(C)cccc2CC)cc1NC(=O)c1ccccc1. The Balaban J connectivity index is 1.96. The summed E-state index contributed by atoms with van der Waals surface area (Å²) in [5, 5.41) is 2.77. The summed E-state index contributed by atoms with van der Waals surface area (Å²) in [5.41, 5.74) is 3.08. The Kier molecular flexibility index (Phi) is 6.97. The van der Waals surface area contributed by atoms with E-state index in [0.29, 0.717) is 35.7 Å². The molecule has 1 amide bonds. The molecule has 0 unspecified atom stereocenters. The van der Waals surface area contributed by atoms with Crippen LogP contribution in [0.15, 0.2) is 71.6 Å². The van der Waals surface area contributed by atoms with E-state index in [1.54, 1.807) is 30.3 Å². The van der Waals surface area contributed by atoms with Gasteiger partial charge in [0, 0.05) is 5.56 Å². The Morgan fingerprint density at radius 3 is 2.39 bits per heavy atom. The van der Waals surface area contributed by atoms with Crippen LogP contribution in [0.4, 0.5) is 11.4 Å². The lowest BCUT2D eigenvalue weighted by molar-refractivity contribution is 0.102. The van der Waals surface area contributed by atoms with E-state index >= 15 is 0 Å². The van der Waals surface area contributed by atoms with E-state index in [-0.39, 0.29) is 10.8 Å². The summed E-state index contributed by atoms with van der Waals surface area (Å²) in [6, 6.07) is 18.8.